The third kappa shape index (κ3) is 7.15. The van der Waals surface area contributed by atoms with Crippen molar-refractivity contribution in [2.24, 2.45) is 0 Å². The summed E-state index contributed by atoms with van der Waals surface area (Å²) >= 11 is 0. The smallest absolute Gasteiger partial charge is 0.339 e. The summed E-state index contributed by atoms with van der Waals surface area (Å²) in [7, 11) is 0. The Balaban J connectivity index is 1.76. The first-order valence-electron chi connectivity index (χ1n) is 12.3. The van der Waals surface area contributed by atoms with Crippen molar-refractivity contribution in [3.63, 3.8) is 0 Å². The Bertz CT molecular complexity index is 1280. The van der Waals surface area contributed by atoms with Gasteiger partial charge >= 0.3 is 5.63 Å². The zero-order valence-electron chi connectivity index (χ0n) is 21.8. The largest absolute Gasteiger partial charge is 0.493 e. The molecular weight excluding hydrogens is 438 g/mol. The molecule has 3 aromatic rings. The van der Waals surface area contributed by atoms with E-state index in [1.807, 2.05) is 44.2 Å². The van der Waals surface area contributed by atoms with Gasteiger partial charge in [0.05, 0.1) is 6.61 Å². The van der Waals surface area contributed by atoms with Crippen LogP contribution in [0.5, 0.6) is 5.75 Å². The summed E-state index contributed by atoms with van der Waals surface area (Å²) in [4.78, 5) is 25.8. The molecule has 0 radical (unpaired) electrons. The van der Waals surface area contributed by atoms with E-state index in [1.54, 1.807) is 6.07 Å². The standard InChI is InChI=1S/C30H37NO4/c1-19(2)8-10-23-16-24(11-9-21(23)5)27(32)18-26-17-25-12-13-28(22(6)29(25)35-30(26)33)34-15-7-14-31-20(3)4/h8-9,11-13,16-17,20,31H,7,10,14-15,18H2,1-6H3. The molecule has 1 heterocycles. The van der Waals surface area contributed by atoms with E-state index in [4.69, 9.17) is 9.15 Å². The van der Waals surface area contributed by atoms with Gasteiger partial charge in [-0.2, -0.15) is 0 Å². The van der Waals surface area contributed by atoms with Gasteiger partial charge in [0, 0.05) is 34.5 Å². The number of aryl methyl sites for hydroxylation is 2. The molecule has 1 aromatic heterocycles. The molecule has 0 spiro atoms. The highest BCUT2D eigenvalue weighted by molar-refractivity contribution is 5.98. The molecule has 0 amide bonds. The summed E-state index contributed by atoms with van der Waals surface area (Å²) < 4.78 is 11.6. The lowest BCUT2D eigenvalue weighted by molar-refractivity contribution is 0.0992. The van der Waals surface area contributed by atoms with Gasteiger partial charge in [-0.05, 0) is 82.5 Å². The topological polar surface area (TPSA) is 68.5 Å². The number of carbonyl (C=O) groups excluding carboxylic acids is 1. The number of carbonyl (C=O) groups is 1. The molecule has 0 bridgehead atoms. The Morgan fingerprint density at radius 2 is 1.86 bits per heavy atom. The van der Waals surface area contributed by atoms with E-state index >= 15 is 0 Å². The van der Waals surface area contributed by atoms with Gasteiger partial charge in [0.1, 0.15) is 11.3 Å². The number of nitrogens with one attached hydrogen (secondary N) is 1. The third-order valence-corrected chi connectivity index (χ3v) is 6.06. The van der Waals surface area contributed by atoms with E-state index in [0.29, 0.717) is 35.1 Å². The van der Waals surface area contributed by atoms with Gasteiger partial charge in [0.2, 0.25) is 0 Å². The lowest BCUT2D eigenvalue weighted by Crippen LogP contribution is -2.24. The molecule has 0 aliphatic carbocycles. The van der Waals surface area contributed by atoms with E-state index < -0.39 is 5.63 Å². The number of ether oxygens (including phenoxy) is 1. The summed E-state index contributed by atoms with van der Waals surface area (Å²) in [5.41, 5.74) is 5.28. The van der Waals surface area contributed by atoms with Crippen LogP contribution < -0.4 is 15.7 Å². The summed E-state index contributed by atoms with van der Waals surface area (Å²) in [6.45, 7) is 13.7. The molecule has 0 aliphatic heterocycles. The van der Waals surface area contributed by atoms with Crippen LogP contribution in [0.3, 0.4) is 0 Å². The van der Waals surface area contributed by atoms with Gasteiger partial charge < -0.3 is 14.5 Å². The van der Waals surface area contributed by atoms with Crippen molar-refractivity contribution >= 4 is 16.8 Å². The predicted molar refractivity (Wildman–Crippen MR) is 143 cm³/mol. The maximum atomic E-state index is 13.0. The van der Waals surface area contributed by atoms with Gasteiger partial charge in [0.25, 0.3) is 0 Å². The van der Waals surface area contributed by atoms with Crippen LogP contribution in [-0.4, -0.2) is 25.0 Å². The molecule has 35 heavy (non-hydrogen) atoms. The molecule has 5 heteroatoms. The number of allylic oxidation sites excluding steroid dienone is 2. The van der Waals surface area contributed by atoms with E-state index in [-0.39, 0.29) is 12.2 Å². The van der Waals surface area contributed by atoms with Crippen LogP contribution in [0.1, 0.15) is 66.7 Å². The molecule has 0 saturated carbocycles. The highest BCUT2D eigenvalue weighted by atomic mass is 16.5. The van der Waals surface area contributed by atoms with E-state index in [1.165, 1.54) is 5.57 Å². The van der Waals surface area contributed by atoms with Crippen LogP contribution >= 0.6 is 0 Å². The first kappa shape index (κ1) is 26.4. The van der Waals surface area contributed by atoms with Crippen molar-refractivity contribution in [1.82, 2.24) is 5.32 Å². The number of rotatable bonds is 11. The number of ketones is 1. The maximum absolute atomic E-state index is 13.0. The fraction of sp³-hybridized carbons (Fsp3) is 0.400. The van der Waals surface area contributed by atoms with Crippen LogP contribution in [0.2, 0.25) is 0 Å². The quantitative estimate of drug-likeness (QED) is 0.157. The number of fused-ring (bicyclic) bond motifs is 1. The zero-order valence-corrected chi connectivity index (χ0v) is 21.8. The first-order valence-corrected chi connectivity index (χ1v) is 12.3. The monoisotopic (exact) mass is 475 g/mol. The summed E-state index contributed by atoms with van der Waals surface area (Å²) in [5, 5.41) is 4.15. The van der Waals surface area contributed by atoms with Gasteiger partial charge in [0.15, 0.2) is 5.78 Å². The van der Waals surface area contributed by atoms with Crippen LogP contribution in [-0.2, 0) is 12.8 Å². The molecule has 3 rings (SSSR count). The molecule has 0 unspecified atom stereocenters. The Morgan fingerprint density at radius 3 is 2.57 bits per heavy atom. The third-order valence-electron chi connectivity index (χ3n) is 6.06. The van der Waals surface area contributed by atoms with E-state index in [0.717, 1.165) is 41.5 Å². The molecule has 0 fully saturated rings. The summed E-state index contributed by atoms with van der Waals surface area (Å²) in [6, 6.07) is 11.7. The second-order valence-corrected chi connectivity index (χ2v) is 9.70. The highest BCUT2D eigenvalue weighted by Crippen LogP contribution is 2.27. The van der Waals surface area contributed by atoms with Crippen LogP contribution in [0.15, 0.2) is 57.3 Å². The minimum atomic E-state index is -0.482. The number of hydrogen-bond acceptors (Lipinski definition) is 5. The van der Waals surface area contributed by atoms with Gasteiger partial charge in [-0.3, -0.25) is 4.79 Å². The average molecular weight is 476 g/mol. The Labute approximate surface area is 208 Å². The Hall–Kier alpha value is -3.18. The molecule has 5 nitrogen and oxygen atoms in total. The maximum Gasteiger partial charge on any atom is 0.339 e. The van der Waals surface area contributed by atoms with E-state index in [2.05, 4.69) is 39.1 Å². The van der Waals surface area contributed by atoms with Crippen molar-refractivity contribution in [1.29, 1.82) is 0 Å². The first-order chi connectivity index (χ1) is 16.7. The minimum Gasteiger partial charge on any atom is -0.493 e. The second kappa shape index (κ2) is 12.0. The highest BCUT2D eigenvalue weighted by Gasteiger charge is 2.15. The fourth-order valence-electron chi connectivity index (χ4n) is 3.93. The van der Waals surface area contributed by atoms with Crippen molar-refractivity contribution in [3.05, 3.63) is 86.3 Å². The molecular formula is C30H37NO4. The van der Waals surface area contributed by atoms with Crippen molar-refractivity contribution in [3.8, 4) is 5.75 Å². The van der Waals surface area contributed by atoms with Gasteiger partial charge in [-0.15, -0.1) is 0 Å². The normalized spacial score (nSPS) is 11.2. The lowest BCUT2D eigenvalue weighted by atomic mass is 9.97. The number of benzene rings is 2. The minimum absolute atomic E-state index is 0.00354. The SMILES string of the molecule is CC(C)=CCc1cc(C(=O)Cc2cc3ccc(OCCCNC(C)C)c(C)c3oc2=O)ccc1C. The lowest BCUT2D eigenvalue weighted by Gasteiger charge is -2.12. The summed E-state index contributed by atoms with van der Waals surface area (Å²) in [6.07, 6.45) is 3.82. The van der Waals surface area contributed by atoms with Crippen LogP contribution in [0.25, 0.3) is 11.0 Å². The molecule has 0 aliphatic rings. The number of Topliss-reactive ketones (excluding diaryl/α,β-unsaturated/α-hetero) is 1. The predicted octanol–water partition coefficient (Wildman–Crippen LogP) is 6.11. The zero-order chi connectivity index (χ0) is 25.5. The Kier molecular flexibility index (Phi) is 9.05. The van der Waals surface area contributed by atoms with Crippen LogP contribution in [0, 0.1) is 13.8 Å². The van der Waals surface area contributed by atoms with Crippen molar-refractivity contribution in [2.75, 3.05) is 13.2 Å². The number of hydrogen-bond donors (Lipinski definition) is 1. The Morgan fingerprint density at radius 1 is 1.09 bits per heavy atom. The van der Waals surface area contributed by atoms with Gasteiger partial charge in [-0.25, -0.2) is 4.79 Å². The van der Waals surface area contributed by atoms with Crippen molar-refractivity contribution in [2.45, 2.75) is 66.8 Å². The molecule has 2 aromatic carbocycles. The summed E-state index contributed by atoms with van der Waals surface area (Å²) in [5.74, 6) is 0.611. The van der Waals surface area contributed by atoms with Crippen molar-refractivity contribution < 1.29 is 13.9 Å². The second-order valence-electron chi connectivity index (χ2n) is 9.70. The molecule has 0 atom stereocenters. The van der Waals surface area contributed by atoms with Gasteiger partial charge in [-0.1, -0.05) is 37.6 Å². The van der Waals surface area contributed by atoms with Crippen LogP contribution in [0.4, 0.5) is 0 Å². The molecule has 0 saturated heterocycles. The average Bonchev–Trinajstić information content (AvgIpc) is 2.80. The van der Waals surface area contributed by atoms with E-state index in [9.17, 15) is 9.59 Å². The fourth-order valence-corrected chi connectivity index (χ4v) is 3.93. The molecule has 186 valence electrons. The molecule has 1 N–H and O–H groups in total.